The number of nitrogen functional groups attached to an aromatic ring is 1. The van der Waals surface area contributed by atoms with Gasteiger partial charge in [0, 0.05) is 26.2 Å². The van der Waals surface area contributed by atoms with Gasteiger partial charge in [-0.3, -0.25) is 0 Å². The summed E-state index contributed by atoms with van der Waals surface area (Å²) in [6, 6.07) is 1.74. The van der Waals surface area contributed by atoms with Crippen molar-refractivity contribution in [2.24, 2.45) is 5.41 Å². The van der Waals surface area contributed by atoms with Crippen molar-refractivity contribution in [3.05, 3.63) is 6.07 Å². The van der Waals surface area contributed by atoms with Crippen LogP contribution in [0.3, 0.4) is 0 Å². The maximum absolute atomic E-state index is 12.3. The van der Waals surface area contributed by atoms with Crippen LogP contribution >= 0.6 is 0 Å². The van der Waals surface area contributed by atoms with E-state index >= 15 is 0 Å². The van der Waals surface area contributed by atoms with Gasteiger partial charge in [0.25, 0.3) is 0 Å². The number of benzene rings is 1. The van der Waals surface area contributed by atoms with Crippen LogP contribution in [0, 0.1) is 5.41 Å². The predicted molar refractivity (Wildman–Crippen MR) is 118 cm³/mol. The molecule has 0 atom stereocenters. The number of fused-ring (bicyclic) bond motifs is 1. The minimum absolute atomic E-state index is 0.0727. The van der Waals surface area contributed by atoms with Gasteiger partial charge in [0.05, 0.1) is 33.3 Å². The number of amides is 1. The first-order valence-electron chi connectivity index (χ1n) is 10.1. The Hall–Kier alpha value is -3.17. The molecule has 10 heteroatoms. The highest BCUT2D eigenvalue weighted by Crippen LogP contribution is 2.44. The van der Waals surface area contributed by atoms with Gasteiger partial charge >= 0.3 is 6.09 Å². The van der Waals surface area contributed by atoms with Crippen LogP contribution in [-0.4, -0.2) is 75.1 Å². The molecule has 0 saturated carbocycles. The number of methoxy groups -OCH3 is 3. The van der Waals surface area contributed by atoms with Crippen LogP contribution < -0.4 is 24.8 Å². The maximum Gasteiger partial charge on any atom is 0.409 e. The highest BCUT2D eigenvalue weighted by molar-refractivity contribution is 5.97. The number of hydrogen-bond donors (Lipinski definition) is 1. The molecule has 2 N–H and O–H groups in total. The second-order valence-electron chi connectivity index (χ2n) is 8.54. The summed E-state index contributed by atoms with van der Waals surface area (Å²) in [6.07, 6.45) is -0.299. The second kappa shape index (κ2) is 8.91. The quantitative estimate of drug-likeness (QED) is 0.760. The van der Waals surface area contributed by atoms with Crippen molar-refractivity contribution in [1.82, 2.24) is 14.9 Å². The summed E-state index contributed by atoms with van der Waals surface area (Å²) in [5.41, 5.74) is 6.71. The highest BCUT2D eigenvalue weighted by Gasteiger charge is 2.27. The smallest absolute Gasteiger partial charge is 0.409 e. The van der Waals surface area contributed by atoms with Crippen LogP contribution in [0.1, 0.15) is 20.8 Å². The molecular formula is C21H31N5O5. The lowest BCUT2D eigenvalue weighted by Crippen LogP contribution is -2.49. The number of anilines is 2. The molecular weight excluding hydrogens is 402 g/mol. The molecule has 1 amide bonds. The van der Waals surface area contributed by atoms with Crippen molar-refractivity contribution in [2.45, 2.75) is 20.8 Å². The zero-order chi connectivity index (χ0) is 22.8. The Morgan fingerprint density at radius 3 is 2.23 bits per heavy atom. The summed E-state index contributed by atoms with van der Waals surface area (Å²) in [6.45, 7) is 8.59. The fourth-order valence-corrected chi connectivity index (χ4v) is 3.34. The van der Waals surface area contributed by atoms with Crippen LogP contribution in [0.5, 0.6) is 17.2 Å². The molecule has 31 heavy (non-hydrogen) atoms. The number of hydrogen-bond acceptors (Lipinski definition) is 9. The number of carbonyl (C=O) groups is 1. The van der Waals surface area contributed by atoms with Gasteiger partial charge < -0.3 is 34.5 Å². The molecule has 1 fully saturated rings. The lowest BCUT2D eigenvalue weighted by atomic mass is 9.99. The third kappa shape index (κ3) is 4.78. The van der Waals surface area contributed by atoms with Crippen LogP contribution in [0.2, 0.25) is 0 Å². The predicted octanol–water partition coefficient (Wildman–Crippen LogP) is 2.54. The van der Waals surface area contributed by atoms with E-state index in [0.29, 0.717) is 72.7 Å². The van der Waals surface area contributed by atoms with E-state index < -0.39 is 0 Å². The molecule has 170 valence electrons. The molecule has 2 aromatic rings. The highest BCUT2D eigenvalue weighted by atomic mass is 16.6. The van der Waals surface area contributed by atoms with Crippen molar-refractivity contribution < 1.29 is 23.7 Å². The van der Waals surface area contributed by atoms with E-state index in [1.807, 2.05) is 25.7 Å². The molecule has 1 aromatic heterocycles. The molecule has 2 heterocycles. The minimum atomic E-state index is -0.299. The number of ether oxygens (including phenoxy) is 4. The molecule has 1 saturated heterocycles. The van der Waals surface area contributed by atoms with Crippen LogP contribution in [-0.2, 0) is 4.74 Å². The second-order valence-corrected chi connectivity index (χ2v) is 8.54. The Labute approximate surface area is 182 Å². The van der Waals surface area contributed by atoms with E-state index in [0.717, 1.165) is 0 Å². The summed E-state index contributed by atoms with van der Waals surface area (Å²) in [5, 5.41) is 0.614. The van der Waals surface area contributed by atoms with Gasteiger partial charge in [-0.05, 0) is 11.5 Å². The van der Waals surface area contributed by atoms with Gasteiger partial charge in [-0.25, -0.2) is 9.78 Å². The van der Waals surface area contributed by atoms with E-state index in [1.165, 1.54) is 14.2 Å². The van der Waals surface area contributed by atoms with Crippen molar-refractivity contribution in [3.63, 3.8) is 0 Å². The third-order valence-electron chi connectivity index (χ3n) is 4.96. The van der Waals surface area contributed by atoms with Crippen LogP contribution in [0.15, 0.2) is 6.07 Å². The number of nitrogens with zero attached hydrogens (tertiary/aromatic N) is 4. The van der Waals surface area contributed by atoms with Gasteiger partial charge in [0.15, 0.2) is 11.5 Å². The Morgan fingerprint density at radius 2 is 1.68 bits per heavy atom. The zero-order valence-corrected chi connectivity index (χ0v) is 19.0. The topological polar surface area (TPSA) is 112 Å². The van der Waals surface area contributed by atoms with E-state index in [1.54, 1.807) is 18.1 Å². The number of nitrogens with two attached hydrogens (primary N) is 1. The number of rotatable bonds is 5. The maximum atomic E-state index is 12.3. The van der Waals surface area contributed by atoms with Crippen LogP contribution in [0.4, 0.5) is 16.6 Å². The van der Waals surface area contributed by atoms with Gasteiger partial charge in [-0.1, -0.05) is 20.8 Å². The fourth-order valence-electron chi connectivity index (χ4n) is 3.34. The standard InChI is InChI=1S/C21H31N5O5/c1-21(2,3)12-31-20(27)26-9-7-25(8-10-26)19-23-15-13(18(22)24-19)11-14(28-4)16(29-5)17(15)30-6/h11H,7-10,12H2,1-6H3,(H2,22,23,24). The zero-order valence-electron chi connectivity index (χ0n) is 19.0. The number of piperazine rings is 1. The fraction of sp³-hybridized carbons (Fsp3) is 0.571. The molecule has 1 aliphatic heterocycles. The summed E-state index contributed by atoms with van der Waals surface area (Å²) in [4.78, 5) is 25.2. The molecule has 1 aromatic carbocycles. The summed E-state index contributed by atoms with van der Waals surface area (Å²) in [7, 11) is 4.62. The Kier molecular flexibility index (Phi) is 6.47. The van der Waals surface area contributed by atoms with E-state index in [4.69, 9.17) is 29.7 Å². The summed E-state index contributed by atoms with van der Waals surface area (Å²) < 4.78 is 21.8. The number of aromatic nitrogens is 2. The number of carbonyl (C=O) groups excluding carboxylic acids is 1. The van der Waals surface area contributed by atoms with E-state index in [9.17, 15) is 4.79 Å². The summed E-state index contributed by atoms with van der Waals surface area (Å²) in [5.74, 6) is 2.13. The SMILES string of the molecule is COc1cc2c(N)nc(N3CCN(C(=O)OCC(C)(C)C)CC3)nc2c(OC)c1OC. The van der Waals surface area contributed by atoms with E-state index in [-0.39, 0.29) is 11.5 Å². The van der Waals surface area contributed by atoms with Crippen molar-refractivity contribution in [3.8, 4) is 17.2 Å². The normalized spacial score (nSPS) is 14.5. The molecule has 0 aliphatic carbocycles. The molecule has 3 rings (SSSR count). The Bertz CT molecular complexity index is 952. The largest absolute Gasteiger partial charge is 0.493 e. The van der Waals surface area contributed by atoms with Crippen molar-refractivity contribution in [1.29, 1.82) is 0 Å². The van der Waals surface area contributed by atoms with Gasteiger partial charge in [0.2, 0.25) is 11.7 Å². The van der Waals surface area contributed by atoms with Gasteiger partial charge in [-0.2, -0.15) is 4.98 Å². The average Bonchev–Trinajstić information content (AvgIpc) is 2.75. The van der Waals surface area contributed by atoms with Crippen LogP contribution in [0.25, 0.3) is 10.9 Å². The Morgan fingerprint density at radius 1 is 1.03 bits per heavy atom. The van der Waals surface area contributed by atoms with Crippen molar-refractivity contribution >= 4 is 28.8 Å². The van der Waals surface area contributed by atoms with Crippen molar-refractivity contribution in [2.75, 3.05) is 64.7 Å². The molecule has 0 bridgehead atoms. The molecule has 10 nitrogen and oxygen atoms in total. The first kappa shape index (κ1) is 22.5. The monoisotopic (exact) mass is 433 g/mol. The lowest BCUT2D eigenvalue weighted by molar-refractivity contribution is 0.0707. The van der Waals surface area contributed by atoms with Gasteiger partial charge in [0.1, 0.15) is 11.3 Å². The molecule has 0 radical (unpaired) electrons. The lowest BCUT2D eigenvalue weighted by Gasteiger charge is -2.34. The summed E-state index contributed by atoms with van der Waals surface area (Å²) >= 11 is 0. The molecule has 0 unspecified atom stereocenters. The minimum Gasteiger partial charge on any atom is -0.493 e. The molecule has 0 spiro atoms. The first-order chi connectivity index (χ1) is 14.7. The third-order valence-corrected chi connectivity index (χ3v) is 4.96. The van der Waals surface area contributed by atoms with Gasteiger partial charge in [-0.15, -0.1) is 0 Å². The first-order valence-corrected chi connectivity index (χ1v) is 10.1. The molecule has 1 aliphatic rings. The van der Waals surface area contributed by atoms with E-state index in [2.05, 4.69) is 4.98 Å². The Balaban J connectivity index is 1.82. The average molecular weight is 434 g/mol.